The van der Waals surface area contributed by atoms with Crippen molar-refractivity contribution in [3.8, 4) is 0 Å². The van der Waals surface area contributed by atoms with E-state index in [1.165, 1.54) is 29.7 Å². The van der Waals surface area contributed by atoms with Crippen molar-refractivity contribution in [1.82, 2.24) is 4.90 Å². The van der Waals surface area contributed by atoms with E-state index in [4.69, 9.17) is 11.6 Å². The Labute approximate surface area is 142 Å². The lowest BCUT2D eigenvalue weighted by atomic mass is 9.59. The topological polar surface area (TPSA) is 3.24 Å². The van der Waals surface area contributed by atoms with Crippen LogP contribution in [0.4, 0.5) is 0 Å². The first-order valence-corrected chi connectivity index (χ1v) is 8.35. The highest BCUT2D eigenvalue weighted by atomic mass is 35.5. The molecule has 1 aliphatic carbocycles. The third-order valence-electron chi connectivity index (χ3n) is 4.52. The zero-order valence-electron chi connectivity index (χ0n) is 12.4. The molecule has 0 bridgehead atoms. The van der Waals surface area contributed by atoms with Gasteiger partial charge in [0, 0.05) is 15.3 Å². The van der Waals surface area contributed by atoms with E-state index < -0.39 is 0 Å². The van der Waals surface area contributed by atoms with Gasteiger partial charge >= 0.3 is 0 Å². The maximum Gasteiger partial charge on any atom is 0.0533 e. The van der Waals surface area contributed by atoms with E-state index in [-0.39, 0.29) is 17.8 Å². The maximum absolute atomic E-state index is 6.06. The average Bonchev–Trinajstić information content (AvgIpc) is 2.87. The van der Waals surface area contributed by atoms with Gasteiger partial charge in [-0.1, -0.05) is 36.2 Å². The van der Waals surface area contributed by atoms with Gasteiger partial charge in [0.05, 0.1) is 6.04 Å². The second-order valence-corrected chi connectivity index (χ2v) is 7.31. The summed E-state index contributed by atoms with van der Waals surface area (Å²) < 4.78 is 0. The monoisotopic (exact) mass is 341 g/mol. The molecule has 0 amide bonds. The van der Waals surface area contributed by atoms with Crippen LogP contribution in [0.15, 0.2) is 41.8 Å². The molecule has 0 N–H and O–H groups in total. The van der Waals surface area contributed by atoms with Crippen molar-refractivity contribution in [3.05, 3.63) is 57.2 Å². The van der Waals surface area contributed by atoms with E-state index in [0.717, 1.165) is 5.02 Å². The summed E-state index contributed by atoms with van der Waals surface area (Å²) in [4.78, 5) is 3.84. The van der Waals surface area contributed by atoms with Gasteiger partial charge in [-0.25, -0.2) is 0 Å². The zero-order chi connectivity index (χ0) is 14.2. The average molecular weight is 342 g/mol. The van der Waals surface area contributed by atoms with Crippen LogP contribution in [0, 0.1) is 0 Å². The molecule has 4 heteroatoms. The highest BCUT2D eigenvalue weighted by molar-refractivity contribution is 7.10. The molecule has 1 aromatic carbocycles. The molecular weight excluding hydrogens is 321 g/mol. The fourth-order valence-electron chi connectivity index (χ4n) is 3.53. The molecule has 0 aliphatic heterocycles. The number of halogens is 2. The first-order valence-electron chi connectivity index (χ1n) is 7.09. The standard InChI is InChI=1S/C17H20ClNS.ClH/c1-19(2)16(15-5-3-12-20-15)17(10-4-11-17)13-6-8-14(18)9-7-13;/h3,5-9,12,16H,4,10-11H2,1-2H3;1H. The predicted molar refractivity (Wildman–Crippen MR) is 95.0 cm³/mol. The van der Waals surface area contributed by atoms with Crippen molar-refractivity contribution in [2.45, 2.75) is 30.7 Å². The molecule has 1 fully saturated rings. The first-order chi connectivity index (χ1) is 9.63. The van der Waals surface area contributed by atoms with Crippen molar-refractivity contribution < 1.29 is 0 Å². The van der Waals surface area contributed by atoms with Crippen LogP contribution >= 0.6 is 35.3 Å². The Balaban J connectivity index is 0.00000161. The molecule has 1 unspecified atom stereocenters. The molecular formula is C17H21Cl2NS. The van der Waals surface area contributed by atoms with Crippen molar-refractivity contribution >= 4 is 35.3 Å². The van der Waals surface area contributed by atoms with E-state index in [9.17, 15) is 0 Å². The Morgan fingerprint density at radius 2 is 1.81 bits per heavy atom. The molecule has 2 aromatic rings. The summed E-state index contributed by atoms with van der Waals surface area (Å²) in [7, 11) is 4.39. The smallest absolute Gasteiger partial charge is 0.0533 e. The minimum atomic E-state index is 0. The van der Waals surface area contributed by atoms with Gasteiger partial charge < -0.3 is 4.90 Å². The summed E-state index contributed by atoms with van der Waals surface area (Å²) in [6, 6.07) is 13.4. The van der Waals surface area contributed by atoms with Crippen LogP contribution in [0.5, 0.6) is 0 Å². The molecule has 21 heavy (non-hydrogen) atoms. The quantitative estimate of drug-likeness (QED) is 0.704. The number of hydrogen-bond donors (Lipinski definition) is 0. The molecule has 0 saturated heterocycles. The third-order valence-corrected chi connectivity index (χ3v) is 5.69. The van der Waals surface area contributed by atoms with Crippen molar-refractivity contribution in [2.75, 3.05) is 14.1 Å². The van der Waals surface area contributed by atoms with Crippen LogP contribution in [-0.4, -0.2) is 19.0 Å². The van der Waals surface area contributed by atoms with Gasteiger partial charge in [0.1, 0.15) is 0 Å². The van der Waals surface area contributed by atoms with Crippen LogP contribution in [-0.2, 0) is 5.41 Å². The summed E-state index contributed by atoms with van der Waals surface area (Å²) in [5, 5.41) is 3.00. The van der Waals surface area contributed by atoms with E-state index >= 15 is 0 Å². The molecule has 1 aliphatic rings. The fraction of sp³-hybridized carbons (Fsp3) is 0.412. The molecule has 0 radical (unpaired) electrons. The summed E-state index contributed by atoms with van der Waals surface area (Å²) in [5.74, 6) is 0. The van der Waals surface area contributed by atoms with Gasteiger partial charge in [0.2, 0.25) is 0 Å². The van der Waals surface area contributed by atoms with Crippen LogP contribution in [0.25, 0.3) is 0 Å². The Bertz CT molecular complexity index is 559. The molecule has 0 spiro atoms. The largest absolute Gasteiger partial charge is 0.301 e. The number of thiophene rings is 1. The molecule has 3 rings (SSSR count). The Hall–Kier alpha value is -0.540. The van der Waals surface area contributed by atoms with Crippen molar-refractivity contribution in [1.29, 1.82) is 0 Å². The van der Waals surface area contributed by atoms with E-state index in [1.807, 2.05) is 23.5 Å². The molecule has 1 heterocycles. The van der Waals surface area contributed by atoms with Gasteiger partial charge in [-0.3, -0.25) is 0 Å². The van der Waals surface area contributed by atoms with E-state index in [0.29, 0.717) is 6.04 Å². The van der Waals surface area contributed by atoms with Gasteiger partial charge in [0.15, 0.2) is 0 Å². The third kappa shape index (κ3) is 3.00. The van der Waals surface area contributed by atoms with Gasteiger partial charge in [0.25, 0.3) is 0 Å². The lowest BCUT2D eigenvalue weighted by Crippen LogP contribution is -2.46. The zero-order valence-corrected chi connectivity index (χ0v) is 14.8. The molecule has 1 aromatic heterocycles. The van der Waals surface area contributed by atoms with E-state index in [2.05, 4.69) is 48.6 Å². The molecule has 1 nitrogen and oxygen atoms in total. The number of hydrogen-bond acceptors (Lipinski definition) is 2. The van der Waals surface area contributed by atoms with Gasteiger partial charge in [-0.15, -0.1) is 23.7 Å². The van der Waals surface area contributed by atoms with Crippen molar-refractivity contribution in [2.24, 2.45) is 0 Å². The lowest BCUT2D eigenvalue weighted by molar-refractivity contribution is 0.0992. The number of nitrogens with zero attached hydrogens (tertiary/aromatic N) is 1. The molecule has 1 saturated carbocycles. The highest BCUT2D eigenvalue weighted by Gasteiger charge is 2.47. The van der Waals surface area contributed by atoms with Gasteiger partial charge in [-0.05, 0) is 56.1 Å². The summed E-state index contributed by atoms with van der Waals surface area (Å²) in [6.07, 6.45) is 3.84. The normalized spacial score (nSPS) is 17.9. The first kappa shape index (κ1) is 16.8. The van der Waals surface area contributed by atoms with Crippen LogP contribution in [0.3, 0.4) is 0 Å². The van der Waals surface area contributed by atoms with Crippen LogP contribution in [0.1, 0.15) is 35.7 Å². The lowest BCUT2D eigenvalue weighted by Gasteiger charge is -2.50. The highest BCUT2D eigenvalue weighted by Crippen LogP contribution is 2.54. The van der Waals surface area contributed by atoms with E-state index in [1.54, 1.807) is 0 Å². The summed E-state index contributed by atoms with van der Waals surface area (Å²) in [5.41, 5.74) is 1.68. The summed E-state index contributed by atoms with van der Waals surface area (Å²) in [6.45, 7) is 0. The predicted octanol–water partition coefficient (Wildman–Crippen LogP) is 5.55. The summed E-state index contributed by atoms with van der Waals surface area (Å²) >= 11 is 7.92. The Morgan fingerprint density at radius 3 is 2.24 bits per heavy atom. The van der Waals surface area contributed by atoms with Crippen LogP contribution in [0.2, 0.25) is 5.02 Å². The maximum atomic E-state index is 6.06. The number of likely N-dealkylation sites (N-methyl/N-ethyl adjacent to an activating group) is 1. The molecule has 1 atom stereocenters. The SMILES string of the molecule is CN(C)C(c1cccs1)C1(c2ccc(Cl)cc2)CCC1.Cl. The number of benzene rings is 1. The minimum absolute atomic E-state index is 0. The van der Waals surface area contributed by atoms with Gasteiger partial charge in [-0.2, -0.15) is 0 Å². The fourth-order valence-corrected chi connectivity index (χ4v) is 4.69. The Morgan fingerprint density at radius 1 is 1.14 bits per heavy atom. The Kier molecular flexibility index (Phi) is 5.37. The van der Waals surface area contributed by atoms with Crippen molar-refractivity contribution in [3.63, 3.8) is 0 Å². The second-order valence-electron chi connectivity index (χ2n) is 5.90. The van der Waals surface area contributed by atoms with Crippen LogP contribution < -0.4 is 0 Å². The minimum Gasteiger partial charge on any atom is -0.301 e. The number of rotatable bonds is 4. The molecule has 114 valence electrons. The second kappa shape index (κ2) is 6.70.